The van der Waals surface area contributed by atoms with Crippen LogP contribution in [0.3, 0.4) is 0 Å². The number of alkyl halides is 3. The van der Waals surface area contributed by atoms with Crippen LogP contribution in [0.4, 0.5) is 13.2 Å². The lowest BCUT2D eigenvalue weighted by atomic mass is 9.67. The lowest BCUT2D eigenvalue weighted by Gasteiger charge is -2.45. The number of benzene rings is 1. The molecule has 1 saturated heterocycles. The highest BCUT2D eigenvalue weighted by Gasteiger charge is 2.43. The van der Waals surface area contributed by atoms with E-state index in [0.29, 0.717) is 6.61 Å². The first kappa shape index (κ1) is 21.2. The van der Waals surface area contributed by atoms with Crippen molar-refractivity contribution in [3.05, 3.63) is 35.4 Å². The van der Waals surface area contributed by atoms with Crippen molar-refractivity contribution in [2.24, 2.45) is 0 Å². The van der Waals surface area contributed by atoms with Crippen LogP contribution in [0.25, 0.3) is 0 Å². The van der Waals surface area contributed by atoms with Crippen molar-refractivity contribution in [2.45, 2.75) is 50.3 Å². The third-order valence-electron chi connectivity index (χ3n) is 5.32. The van der Waals surface area contributed by atoms with E-state index in [9.17, 15) is 13.2 Å². The molecule has 0 radical (unpaired) electrons. The van der Waals surface area contributed by atoms with Gasteiger partial charge in [-0.1, -0.05) is 18.2 Å². The maximum absolute atomic E-state index is 13.2. The second-order valence-electron chi connectivity index (χ2n) is 8.47. The Morgan fingerprint density at radius 2 is 1.92 bits per heavy atom. The van der Waals surface area contributed by atoms with Gasteiger partial charge in [-0.3, -0.25) is 0 Å². The normalized spacial score (nSPS) is 23.4. The van der Waals surface area contributed by atoms with Crippen molar-refractivity contribution in [1.82, 2.24) is 0 Å². The quantitative estimate of drug-likeness (QED) is 0.699. The van der Waals surface area contributed by atoms with Crippen molar-refractivity contribution < 1.29 is 28.1 Å². The highest BCUT2D eigenvalue weighted by atomic mass is 19.4. The molecule has 6 heteroatoms. The fraction of sp³-hybridized carbons (Fsp3) is 0.700. The molecule has 1 aromatic carbocycles. The molecule has 1 fully saturated rings. The van der Waals surface area contributed by atoms with Crippen molar-refractivity contribution in [3.8, 4) is 0 Å². The molecule has 1 aliphatic heterocycles. The molecule has 0 saturated carbocycles. The molecule has 1 atom stereocenters. The summed E-state index contributed by atoms with van der Waals surface area (Å²) in [4.78, 5) is 1.40. The second kappa shape index (κ2) is 8.28. The van der Waals surface area contributed by atoms with Crippen LogP contribution in [0.5, 0.6) is 0 Å². The molecule has 1 aromatic rings. The predicted octanol–water partition coefficient (Wildman–Crippen LogP) is 1.63. The zero-order valence-corrected chi connectivity index (χ0v) is 16.4. The third kappa shape index (κ3) is 5.69. The van der Waals surface area contributed by atoms with E-state index in [-0.39, 0.29) is 11.0 Å². The van der Waals surface area contributed by atoms with Gasteiger partial charge < -0.3 is 15.0 Å². The van der Waals surface area contributed by atoms with Gasteiger partial charge in [-0.25, -0.2) is 0 Å². The van der Waals surface area contributed by atoms with Crippen LogP contribution in [0, 0.1) is 0 Å². The van der Waals surface area contributed by atoms with Crippen molar-refractivity contribution in [1.29, 1.82) is 0 Å². The Morgan fingerprint density at radius 1 is 1.19 bits per heavy atom. The van der Waals surface area contributed by atoms with E-state index >= 15 is 0 Å². The maximum Gasteiger partial charge on any atom is 0.416 e. The summed E-state index contributed by atoms with van der Waals surface area (Å²) in [5, 5.41) is 2.28. The van der Waals surface area contributed by atoms with Crippen LogP contribution in [-0.4, -0.2) is 45.9 Å². The number of hydrogen-bond acceptors (Lipinski definition) is 1. The van der Waals surface area contributed by atoms with Crippen molar-refractivity contribution in [3.63, 3.8) is 0 Å². The number of rotatable bonds is 7. The van der Waals surface area contributed by atoms with E-state index in [1.807, 2.05) is 19.9 Å². The van der Waals surface area contributed by atoms with Gasteiger partial charge in [0, 0.05) is 18.4 Å². The Hall–Kier alpha value is -1.11. The lowest BCUT2D eigenvalue weighted by Crippen LogP contribution is -3.09. The largest absolute Gasteiger partial charge is 0.416 e. The Labute approximate surface area is 154 Å². The van der Waals surface area contributed by atoms with Gasteiger partial charge in [0.2, 0.25) is 0 Å². The molecule has 0 unspecified atom stereocenters. The number of hydrogen-bond donors (Lipinski definition) is 2. The summed E-state index contributed by atoms with van der Waals surface area (Å²) in [6, 6.07) is 5.92. The van der Waals surface area contributed by atoms with Gasteiger partial charge in [0.25, 0.3) is 0 Å². The van der Waals surface area contributed by atoms with E-state index in [2.05, 4.69) is 19.4 Å². The smallest absolute Gasteiger partial charge is 0.376 e. The van der Waals surface area contributed by atoms with E-state index in [4.69, 9.17) is 4.74 Å². The molecular weight excluding hydrogens is 341 g/mol. The van der Waals surface area contributed by atoms with E-state index in [1.54, 1.807) is 6.07 Å². The SMILES string of the molecule is C[NH+](C)CC[NH2+]CC[C@]1(c2cccc(C(F)(F)F)c2)CCOC(C)(C)C1. The van der Waals surface area contributed by atoms with Gasteiger partial charge in [0.15, 0.2) is 0 Å². The Kier molecular flexibility index (Phi) is 6.75. The first-order valence-corrected chi connectivity index (χ1v) is 9.47. The average Bonchev–Trinajstić information content (AvgIpc) is 2.52. The van der Waals surface area contributed by atoms with Crippen LogP contribution in [0.1, 0.15) is 44.2 Å². The molecule has 3 N–H and O–H groups in total. The number of halogens is 3. The highest BCUT2D eigenvalue weighted by molar-refractivity contribution is 5.33. The first-order chi connectivity index (χ1) is 12.0. The van der Waals surface area contributed by atoms with Crippen LogP contribution >= 0.6 is 0 Å². The maximum atomic E-state index is 13.2. The summed E-state index contributed by atoms with van der Waals surface area (Å²) in [6.45, 7) is 7.68. The van der Waals surface area contributed by atoms with E-state index in [0.717, 1.165) is 50.5 Å². The molecule has 0 spiro atoms. The summed E-state index contributed by atoms with van der Waals surface area (Å²) in [5.41, 5.74) is -0.334. The summed E-state index contributed by atoms with van der Waals surface area (Å²) in [7, 11) is 4.25. The molecule has 3 nitrogen and oxygen atoms in total. The van der Waals surface area contributed by atoms with Gasteiger partial charge in [-0.15, -0.1) is 0 Å². The Morgan fingerprint density at radius 3 is 2.54 bits per heavy atom. The monoisotopic (exact) mass is 374 g/mol. The topological polar surface area (TPSA) is 30.3 Å². The molecule has 148 valence electrons. The minimum Gasteiger partial charge on any atom is -0.376 e. The fourth-order valence-corrected chi connectivity index (χ4v) is 4.02. The second-order valence-corrected chi connectivity index (χ2v) is 8.47. The fourth-order valence-electron chi connectivity index (χ4n) is 4.02. The number of quaternary nitrogens is 2. The van der Waals surface area contributed by atoms with E-state index < -0.39 is 11.7 Å². The van der Waals surface area contributed by atoms with Gasteiger partial charge >= 0.3 is 6.18 Å². The number of nitrogens with two attached hydrogens (primary N) is 1. The first-order valence-electron chi connectivity index (χ1n) is 9.47. The molecule has 1 heterocycles. The molecule has 0 aliphatic carbocycles. The molecule has 2 rings (SSSR count). The third-order valence-corrected chi connectivity index (χ3v) is 5.32. The number of ether oxygens (including phenoxy) is 1. The molecule has 1 aliphatic rings. The molecular formula is C20H33F3N2O+2. The summed E-state index contributed by atoms with van der Waals surface area (Å²) in [6.07, 6.45) is -1.93. The standard InChI is InChI=1S/C20H31F3N2O/c1-18(2)15-19(9-13-26-18,8-10-24-11-12-25(3)4)16-6-5-7-17(14-16)20(21,22)23/h5-7,14,24H,8-13,15H2,1-4H3/p+2/t19-/m0/s1. The average molecular weight is 374 g/mol. The van der Waals surface area contributed by atoms with Gasteiger partial charge in [0.1, 0.15) is 13.1 Å². The van der Waals surface area contributed by atoms with Crippen molar-refractivity contribution in [2.75, 3.05) is 40.3 Å². The predicted molar refractivity (Wildman–Crippen MR) is 96.3 cm³/mol. The zero-order chi connectivity index (χ0) is 19.4. The molecule has 0 amide bonds. The zero-order valence-electron chi connectivity index (χ0n) is 16.4. The summed E-state index contributed by atoms with van der Waals surface area (Å²) in [5.74, 6) is 0. The van der Waals surface area contributed by atoms with Crippen LogP contribution in [0.15, 0.2) is 24.3 Å². The summed E-state index contributed by atoms with van der Waals surface area (Å²) < 4.78 is 45.5. The van der Waals surface area contributed by atoms with Gasteiger partial charge in [-0.2, -0.15) is 13.2 Å². The van der Waals surface area contributed by atoms with Gasteiger partial charge in [0.05, 0.1) is 31.8 Å². The molecule has 0 aromatic heterocycles. The van der Waals surface area contributed by atoms with Crippen LogP contribution in [0.2, 0.25) is 0 Å². The lowest BCUT2D eigenvalue weighted by molar-refractivity contribution is -0.874. The number of nitrogens with one attached hydrogen (secondary N) is 1. The molecule has 26 heavy (non-hydrogen) atoms. The summed E-state index contributed by atoms with van der Waals surface area (Å²) >= 11 is 0. The van der Waals surface area contributed by atoms with Crippen LogP contribution in [-0.2, 0) is 16.3 Å². The molecule has 0 bridgehead atoms. The minimum atomic E-state index is -4.31. The highest BCUT2D eigenvalue weighted by Crippen LogP contribution is 2.44. The van der Waals surface area contributed by atoms with Crippen LogP contribution < -0.4 is 10.2 Å². The van der Waals surface area contributed by atoms with E-state index in [1.165, 1.54) is 11.0 Å². The van der Waals surface area contributed by atoms with Crippen molar-refractivity contribution >= 4 is 0 Å². The Balaban J connectivity index is 2.21. The van der Waals surface area contributed by atoms with Gasteiger partial charge in [-0.05, 0) is 38.3 Å². The number of likely N-dealkylation sites (N-methyl/N-ethyl adjacent to an activating group) is 1. The Bertz CT molecular complexity index is 587. The minimum absolute atomic E-state index is 0.259.